The Hall–Kier alpha value is -2.51. The number of hydrogen-bond acceptors (Lipinski definition) is 5. The molecule has 1 saturated heterocycles. The highest BCUT2D eigenvalue weighted by Crippen LogP contribution is 2.23. The van der Waals surface area contributed by atoms with Crippen molar-refractivity contribution in [2.24, 2.45) is 5.73 Å². The molecule has 2 amide bonds. The molecule has 2 heterocycles. The Morgan fingerprint density at radius 1 is 1.14 bits per heavy atom. The van der Waals surface area contributed by atoms with Gasteiger partial charge in [0.25, 0.3) is 0 Å². The average Bonchev–Trinajstić information content (AvgIpc) is 3.16. The van der Waals surface area contributed by atoms with Crippen LogP contribution >= 0.6 is 0 Å². The van der Waals surface area contributed by atoms with Crippen LogP contribution < -0.4 is 11.1 Å². The van der Waals surface area contributed by atoms with E-state index in [2.05, 4.69) is 32.2 Å². The van der Waals surface area contributed by atoms with Crippen LogP contribution in [0.3, 0.4) is 0 Å². The van der Waals surface area contributed by atoms with Gasteiger partial charge in [-0.1, -0.05) is 64.3 Å². The first-order valence-electron chi connectivity index (χ1n) is 13.8. The van der Waals surface area contributed by atoms with Gasteiger partial charge in [0, 0.05) is 31.9 Å². The Bertz CT molecular complexity index is 775. The van der Waals surface area contributed by atoms with E-state index in [1.54, 1.807) is 12.2 Å². The second kappa shape index (κ2) is 19.7. The molecule has 36 heavy (non-hydrogen) atoms. The van der Waals surface area contributed by atoms with Gasteiger partial charge in [0.1, 0.15) is 6.04 Å². The molecule has 2 fully saturated rings. The maximum absolute atomic E-state index is 11.0. The Labute approximate surface area is 219 Å². The average molecular weight is 500 g/mol. The van der Waals surface area contributed by atoms with Crippen LogP contribution in [0.2, 0.25) is 0 Å². The van der Waals surface area contributed by atoms with Gasteiger partial charge >= 0.3 is 0 Å². The van der Waals surface area contributed by atoms with E-state index < -0.39 is 11.9 Å². The molecule has 2 aliphatic rings. The smallest absolute Gasteiger partial charge is 0.244 e. The minimum atomic E-state index is -0.700. The topological polar surface area (TPSA) is 91.6 Å². The summed E-state index contributed by atoms with van der Waals surface area (Å²) in [7, 11) is 0. The molecule has 202 valence electrons. The molecule has 1 aliphatic heterocycles. The van der Waals surface area contributed by atoms with Gasteiger partial charge in [-0.2, -0.15) is 0 Å². The van der Waals surface area contributed by atoms with Gasteiger partial charge in [0.15, 0.2) is 0 Å². The summed E-state index contributed by atoms with van der Waals surface area (Å²) in [6.07, 6.45) is 17.0. The molecule has 1 aliphatic carbocycles. The first-order chi connectivity index (χ1) is 17.6. The van der Waals surface area contributed by atoms with E-state index in [4.69, 9.17) is 5.73 Å². The second-order valence-electron chi connectivity index (χ2n) is 9.02. The Morgan fingerprint density at radius 3 is 2.47 bits per heavy atom. The fraction of sp³-hybridized carbons (Fsp3) is 0.621. The summed E-state index contributed by atoms with van der Waals surface area (Å²) in [5.41, 5.74) is 7.15. The van der Waals surface area contributed by atoms with Crippen molar-refractivity contribution in [2.45, 2.75) is 91.3 Å². The number of carbonyl (C=O) groups is 2. The molecule has 0 spiro atoms. The lowest BCUT2D eigenvalue weighted by molar-refractivity contribution is -0.121. The number of carbonyl (C=O) groups excluding carboxylic acids is 2. The highest BCUT2D eigenvalue weighted by Gasteiger charge is 2.23. The number of nitrogens with zero attached hydrogens (tertiary/aromatic N) is 3. The zero-order valence-corrected chi connectivity index (χ0v) is 23.0. The summed E-state index contributed by atoms with van der Waals surface area (Å²) >= 11 is 0. The lowest BCUT2D eigenvalue weighted by atomic mass is 9.94. The molecule has 1 saturated carbocycles. The summed E-state index contributed by atoms with van der Waals surface area (Å²) in [4.78, 5) is 31.0. The zero-order chi connectivity index (χ0) is 26.6. The second-order valence-corrected chi connectivity index (χ2v) is 9.02. The number of nitrogens with one attached hydrogen (secondary N) is 1. The molecule has 1 aromatic rings. The molecule has 3 rings (SSSR count). The molecular formula is C29H49N5O2. The van der Waals surface area contributed by atoms with Crippen molar-refractivity contribution in [2.75, 3.05) is 26.2 Å². The Balaban J connectivity index is 0.000000359. The van der Waals surface area contributed by atoms with Crippen molar-refractivity contribution < 1.29 is 9.59 Å². The van der Waals surface area contributed by atoms with E-state index in [0.717, 1.165) is 18.2 Å². The van der Waals surface area contributed by atoms with E-state index in [1.165, 1.54) is 70.4 Å². The van der Waals surface area contributed by atoms with Crippen LogP contribution in [0.4, 0.5) is 0 Å². The third kappa shape index (κ3) is 12.0. The van der Waals surface area contributed by atoms with Crippen molar-refractivity contribution >= 4 is 12.3 Å². The number of aromatic nitrogens is 1. The third-order valence-electron chi connectivity index (χ3n) is 6.63. The molecule has 1 unspecified atom stereocenters. The summed E-state index contributed by atoms with van der Waals surface area (Å²) in [5, 5.41) is 2.38. The molecule has 7 nitrogen and oxygen atoms in total. The summed E-state index contributed by atoms with van der Waals surface area (Å²) in [6.45, 7) is 13.8. The SMILES string of the molecule is C/C=C\C=C(/CC)C(NC=O)C(N)=O.CC.c1ccc(CN2CCCN(C3CCCCC3)CC2)nc1. The van der Waals surface area contributed by atoms with Crippen molar-refractivity contribution in [1.82, 2.24) is 20.1 Å². The number of rotatable bonds is 9. The first-order valence-corrected chi connectivity index (χ1v) is 13.8. The highest BCUT2D eigenvalue weighted by molar-refractivity contribution is 5.85. The molecule has 7 heteroatoms. The molecule has 1 atom stereocenters. The molecule has 3 N–H and O–H groups in total. The van der Waals surface area contributed by atoms with Gasteiger partial charge in [0.05, 0.1) is 5.69 Å². The molecule has 1 aromatic heterocycles. The fourth-order valence-electron chi connectivity index (χ4n) is 4.76. The quantitative estimate of drug-likeness (QED) is 0.387. The van der Waals surface area contributed by atoms with Crippen LogP contribution in [0.5, 0.6) is 0 Å². The molecule has 0 bridgehead atoms. The summed E-state index contributed by atoms with van der Waals surface area (Å²) < 4.78 is 0. The normalized spacial score (nSPS) is 18.7. The molecular weight excluding hydrogens is 450 g/mol. The van der Waals surface area contributed by atoms with Crippen molar-refractivity contribution in [3.05, 3.63) is 53.9 Å². The summed E-state index contributed by atoms with van der Waals surface area (Å²) in [6, 6.07) is 6.40. The zero-order valence-electron chi connectivity index (χ0n) is 23.0. The number of primary amides is 1. The van der Waals surface area contributed by atoms with Gasteiger partial charge < -0.3 is 11.1 Å². The van der Waals surface area contributed by atoms with Crippen molar-refractivity contribution in [3.8, 4) is 0 Å². The maximum atomic E-state index is 11.0. The third-order valence-corrected chi connectivity index (χ3v) is 6.63. The number of pyridine rings is 1. The van der Waals surface area contributed by atoms with Gasteiger partial charge in [-0.15, -0.1) is 0 Å². The predicted molar refractivity (Wildman–Crippen MR) is 149 cm³/mol. The van der Waals surface area contributed by atoms with Crippen LogP contribution in [0.25, 0.3) is 0 Å². The van der Waals surface area contributed by atoms with Crippen molar-refractivity contribution in [1.29, 1.82) is 0 Å². The van der Waals surface area contributed by atoms with Crippen LogP contribution in [0, 0.1) is 0 Å². The Morgan fingerprint density at radius 2 is 1.89 bits per heavy atom. The largest absolute Gasteiger partial charge is 0.368 e. The van der Waals surface area contributed by atoms with Gasteiger partial charge in [-0.05, 0) is 63.4 Å². The molecule has 0 radical (unpaired) electrons. The maximum Gasteiger partial charge on any atom is 0.244 e. The lowest BCUT2D eigenvalue weighted by Crippen LogP contribution is -2.41. The minimum absolute atomic E-state index is 0.481. The van der Waals surface area contributed by atoms with E-state index in [0.29, 0.717) is 12.8 Å². The minimum Gasteiger partial charge on any atom is -0.368 e. The molecule has 0 aromatic carbocycles. The monoisotopic (exact) mass is 499 g/mol. The predicted octanol–water partition coefficient (Wildman–Crippen LogP) is 4.45. The highest BCUT2D eigenvalue weighted by atomic mass is 16.2. The number of allylic oxidation sites excluding steroid dienone is 3. The first kappa shape index (κ1) is 31.5. The van der Waals surface area contributed by atoms with E-state index in [9.17, 15) is 9.59 Å². The van der Waals surface area contributed by atoms with E-state index in [1.807, 2.05) is 46.0 Å². The van der Waals surface area contributed by atoms with Crippen LogP contribution in [-0.2, 0) is 16.1 Å². The number of nitrogens with two attached hydrogens (primary N) is 1. The Kier molecular flexibility index (Phi) is 17.2. The van der Waals surface area contributed by atoms with Crippen LogP contribution in [0.1, 0.15) is 78.3 Å². The van der Waals surface area contributed by atoms with Gasteiger partial charge in [-0.25, -0.2) is 0 Å². The van der Waals surface area contributed by atoms with Gasteiger partial charge in [0.2, 0.25) is 12.3 Å². The van der Waals surface area contributed by atoms with E-state index in [-0.39, 0.29) is 0 Å². The summed E-state index contributed by atoms with van der Waals surface area (Å²) in [5.74, 6) is -0.547. The van der Waals surface area contributed by atoms with Crippen LogP contribution in [0.15, 0.2) is 48.2 Å². The van der Waals surface area contributed by atoms with Crippen LogP contribution in [-0.4, -0.2) is 65.4 Å². The van der Waals surface area contributed by atoms with Crippen molar-refractivity contribution in [3.63, 3.8) is 0 Å². The number of amides is 2. The number of hydrogen-bond donors (Lipinski definition) is 2. The standard InChI is InChI=1S/C17H27N3.C10H16N2O2.C2H6/c1-2-8-17(9-3-1)20-12-6-11-19(13-14-20)15-16-7-4-5-10-18-16;1-3-5-6-8(4-2)9(10(11)14)12-7-13;1-2/h4-5,7,10,17H,1-3,6,8-9,11-15H2;3,5-7,9H,4H2,1-2H3,(H2,11,14)(H,12,13);1-2H3/b;5-3-,8-6+;. The lowest BCUT2D eigenvalue weighted by Gasteiger charge is -2.33. The fourth-order valence-corrected chi connectivity index (χ4v) is 4.76. The van der Waals surface area contributed by atoms with E-state index >= 15 is 0 Å². The van der Waals surface area contributed by atoms with Gasteiger partial charge in [-0.3, -0.25) is 24.4 Å².